The number of carbonyl (C=O) groups excluding carboxylic acids is 1. The van der Waals surface area contributed by atoms with Crippen molar-refractivity contribution in [3.8, 4) is 0 Å². The molecular formula is C18H24N2O4S. The normalized spacial score (nSPS) is 19.4. The Morgan fingerprint density at radius 3 is 2.76 bits per heavy atom. The largest absolute Gasteiger partial charge is 0.383 e. The molecule has 3 rings (SSSR count). The fourth-order valence-corrected chi connectivity index (χ4v) is 5.19. The molecule has 0 radical (unpaired) electrons. The van der Waals surface area contributed by atoms with Crippen molar-refractivity contribution in [3.63, 3.8) is 0 Å². The summed E-state index contributed by atoms with van der Waals surface area (Å²) in [6.45, 7) is 4.69. The number of hydrogen-bond acceptors (Lipinski definition) is 4. The van der Waals surface area contributed by atoms with Crippen LogP contribution in [0.25, 0.3) is 10.9 Å². The van der Waals surface area contributed by atoms with E-state index in [2.05, 4.69) is 11.1 Å². The summed E-state index contributed by atoms with van der Waals surface area (Å²) in [5.74, 6) is 0.00524. The number of ether oxygens (including phenoxy) is 1. The Balaban J connectivity index is 1.96. The number of hydrogen-bond donors (Lipinski definition) is 1. The van der Waals surface area contributed by atoms with Crippen LogP contribution in [-0.2, 0) is 14.6 Å². The lowest BCUT2D eigenvalue weighted by Crippen LogP contribution is -2.43. The van der Waals surface area contributed by atoms with Crippen LogP contribution in [-0.4, -0.2) is 62.0 Å². The molecule has 1 unspecified atom stereocenters. The third-order valence-electron chi connectivity index (χ3n) is 4.87. The minimum Gasteiger partial charge on any atom is -0.383 e. The molecule has 0 saturated carbocycles. The summed E-state index contributed by atoms with van der Waals surface area (Å²) in [4.78, 5) is 18.0. The smallest absolute Gasteiger partial charge is 0.270 e. The Bertz CT molecular complexity index is 901. The van der Waals surface area contributed by atoms with Crippen LogP contribution in [0.15, 0.2) is 18.2 Å². The van der Waals surface area contributed by atoms with Gasteiger partial charge >= 0.3 is 0 Å². The Labute approximate surface area is 148 Å². The fraction of sp³-hybridized carbons (Fsp3) is 0.500. The maximum absolute atomic E-state index is 13.2. The average Bonchev–Trinajstić information content (AvgIpc) is 3.08. The highest BCUT2D eigenvalue weighted by atomic mass is 32.2. The SMILES string of the molecule is COCCN(C(=O)c1[nH]c2ccc(C)cc2c1C)C1CCS(=O)(=O)C1. The van der Waals surface area contributed by atoms with E-state index in [0.717, 1.165) is 22.0 Å². The van der Waals surface area contributed by atoms with Gasteiger partial charge in [-0.2, -0.15) is 0 Å². The van der Waals surface area contributed by atoms with Crippen molar-refractivity contribution in [2.45, 2.75) is 26.3 Å². The van der Waals surface area contributed by atoms with Crippen molar-refractivity contribution in [1.29, 1.82) is 0 Å². The predicted octanol–water partition coefficient (Wildman–Crippen LogP) is 2.06. The monoisotopic (exact) mass is 364 g/mol. The number of aromatic amines is 1. The van der Waals surface area contributed by atoms with Crippen molar-refractivity contribution in [3.05, 3.63) is 35.0 Å². The van der Waals surface area contributed by atoms with Gasteiger partial charge in [-0.05, 0) is 38.0 Å². The van der Waals surface area contributed by atoms with E-state index < -0.39 is 9.84 Å². The van der Waals surface area contributed by atoms with Crippen LogP contribution >= 0.6 is 0 Å². The molecule has 2 aromatic rings. The maximum Gasteiger partial charge on any atom is 0.270 e. The number of aryl methyl sites for hydroxylation is 2. The molecule has 1 saturated heterocycles. The average molecular weight is 364 g/mol. The Kier molecular flexibility index (Phi) is 4.88. The maximum atomic E-state index is 13.2. The molecule has 0 aliphatic carbocycles. The van der Waals surface area contributed by atoms with Crippen LogP contribution in [0.1, 0.15) is 28.0 Å². The van der Waals surface area contributed by atoms with Gasteiger partial charge in [0.15, 0.2) is 9.84 Å². The lowest BCUT2D eigenvalue weighted by atomic mass is 10.1. The van der Waals surface area contributed by atoms with Gasteiger partial charge in [-0.1, -0.05) is 11.6 Å². The quantitative estimate of drug-likeness (QED) is 0.881. The van der Waals surface area contributed by atoms with E-state index in [1.165, 1.54) is 0 Å². The number of fused-ring (bicyclic) bond motifs is 1. The Morgan fingerprint density at radius 1 is 1.36 bits per heavy atom. The number of carbonyl (C=O) groups is 1. The molecule has 2 heterocycles. The van der Waals surface area contributed by atoms with Gasteiger partial charge in [-0.15, -0.1) is 0 Å². The highest BCUT2D eigenvalue weighted by Crippen LogP contribution is 2.26. The lowest BCUT2D eigenvalue weighted by molar-refractivity contribution is 0.0619. The number of H-pyrrole nitrogens is 1. The second-order valence-electron chi connectivity index (χ2n) is 6.72. The first-order valence-corrected chi connectivity index (χ1v) is 10.2. The van der Waals surface area contributed by atoms with Crippen molar-refractivity contribution in [2.24, 2.45) is 0 Å². The molecule has 1 fully saturated rings. The standard InChI is InChI=1S/C18H24N2O4S/c1-12-4-5-16-15(10-12)13(2)17(19-16)18(21)20(7-8-24-3)14-6-9-25(22,23)11-14/h4-5,10,14,19H,6-9,11H2,1-3H3. The van der Waals surface area contributed by atoms with E-state index in [1.54, 1.807) is 12.0 Å². The van der Waals surface area contributed by atoms with Gasteiger partial charge < -0.3 is 14.6 Å². The van der Waals surface area contributed by atoms with Gasteiger partial charge in [0.1, 0.15) is 5.69 Å². The third-order valence-corrected chi connectivity index (χ3v) is 6.62. The molecule has 1 amide bonds. The fourth-order valence-electron chi connectivity index (χ4n) is 3.46. The first kappa shape index (κ1) is 17.9. The third kappa shape index (κ3) is 3.57. The van der Waals surface area contributed by atoms with Crippen LogP contribution in [0.5, 0.6) is 0 Å². The number of benzene rings is 1. The zero-order valence-corrected chi connectivity index (χ0v) is 15.6. The summed E-state index contributed by atoms with van der Waals surface area (Å²) in [5.41, 5.74) is 3.47. The second kappa shape index (κ2) is 6.80. The number of sulfone groups is 1. The van der Waals surface area contributed by atoms with E-state index in [9.17, 15) is 13.2 Å². The topological polar surface area (TPSA) is 79.5 Å². The highest BCUT2D eigenvalue weighted by Gasteiger charge is 2.35. The van der Waals surface area contributed by atoms with Crippen molar-refractivity contribution < 1.29 is 17.9 Å². The first-order valence-electron chi connectivity index (χ1n) is 8.41. The number of rotatable bonds is 5. The van der Waals surface area contributed by atoms with Crippen LogP contribution in [0.4, 0.5) is 0 Å². The van der Waals surface area contributed by atoms with E-state index >= 15 is 0 Å². The molecule has 1 atom stereocenters. The molecule has 136 valence electrons. The van der Waals surface area contributed by atoms with Gasteiger partial charge in [0, 0.05) is 30.6 Å². The van der Waals surface area contributed by atoms with Gasteiger partial charge in [0.05, 0.1) is 18.1 Å². The highest BCUT2D eigenvalue weighted by molar-refractivity contribution is 7.91. The van der Waals surface area contributed by atoms with Gasteiger partial charge in [-0.3, -0.25) is 4.79 Å². The number of nitrogens with one attached hydrogen (secondary N) is 1. The molecule has 25 heavy (non-hydrogen) atoms. The second-order valence-corrected chi connectivity index (χ2v) is 8.95. The van der Waals surface area contributed by atoms with Crippen molar-refractivity contribution in [1.82, 2.24) is 9.88 Å². The molecular weight excluding hydrogens is 340 g/mol. The number of aromatic nitrogens is 1. The van der Waals surface area contributed by atoms with Crippen LogP contribution < -0.4 is 0 Å². The number of methoxy groups -OCH3 is 1. The zero-order valence-electron chi connectivity index (χ0n) is 14.8. The summed E-state index contributed by atoms with van der Waals surface area (Å²) >= 11 is 0. The molecule has 0 spiro atoms. The summed E-state index contributed by atoms with van der Waals surface area (Å²) in [6, 6.07) is 5.73. The minimum absolute atomic E-state index is 0.0286. The lowest BCUT2D eigenvalue weighted by Gasteiger charge is -2.28. The van der Waals surface area contributed by atoms with E-state index in [-0.39, 0.29) is 23.5 Å². The molecule has 7 heteroatoms. The van der Waals surface area contributed by atoms with Gasteiger partial charge in [0.2, 0.25) is 0 Å². The molecule has 0 bridgehead atoms. The summed E-state index contributed by atoms with van der Waals surface area (Å²) in [5, 5.41) is 1.02. The Morgan fingerprint density at radius 2 is 2.12 bits per heavy atom. The van der Waals surface area contributed by atoms with Crippen LogP contribution in [0.2, 0.25) is 0 Å². The molecule has 1 aliphatic heterocycles. The van der Waals surface area contributed by atoms with Crippen LogP contribution in [0.3, 0.4) is 0 Å². The number of amides is 1. The summed E-state index contributed by atoms with van der Waals surface area (Å²) in [7, 11) is -1.49. The van der Waals surface area contributed by atoms with E-state index in [1.807, 2.05) is 26.0 Å². The zero-order chi connectivity index (χ0) is 18.2. The molecule has 1 aliphatic rings. The van der Waals surface area contributed by atoms with Gasteiger partial charge in [-0.25, -0.2) is 8.42 Å². The van der Waals surface area contributed by atoms with Crippen molar-refractivity contribution in [2.75, 3.05) is 31.8 Å². The minimum atomic E-state index is -3.07. The van der Waals surface area contributed by atoms with E-state index in [0.29, 0.717) is 25.3 Å². The molecule has 1 aromatic heterocycles. The molecule has 1 aromatic carbocycles. The first-order chi connectivity index (χ1) is 11.8. The van der Waals surface area contributed by atoms with Crippen molar-refractivity contribution >= 4 is 26.6 Å². The molecule has 1 N–H and O–H groups in total. The summed E-state index contributed by atoms with van der Waals surface area (Å²) < 4.78 is 28.8. The predicted molar refractivity (Wildman–Crippen MR) is 97.7 cm³/mol. The van der Waals surface area contributed by atoms with Crippen LogP contribution in [0, 0.1) is 13.8 Å². The van der Waals surface area contributed by atoms with E-state index in [4.69, 9.17) is 4.74 Å². The summed E-state index contributed by atoms with van der Waals surface area (Å²) in [6.07, 6.45) is 0.482. The Hall–Kier alpha value is -1.86. The van der Waals surface area contributed by atoms with Gasteiger partial charge in [0.25, 0.3) is 5.91 Å². The number of nitrogens with zero attached hydrogens (tertiary/aromatic N) is 1. The molecule has 6 nitrogen and oxygen atoms in total.